The number of nitrogens with two attached hydrogens (primary N) is 1. The summed E-state index contributed by atoms with van der Waals surface area (Å²) >= 11 is 0. The Kier molecular flexibility index (Phi) is 7.56. The molecule has 6 heteroatoms. The van der Waals surface area contributed by atoms with Crippen LogP contribution >= 0.6 is 0 Å². The molecule has 3 N–H and O–H groups in total. The van der Waals surface area contributed by atoms with Crippen molar-refractivity contribution in [3.05, 3.63) is 35.7 Å². The molecule has 1 aliphatic rings. The van der Waals surface area contributed by atoms with E-state index in [2.05, 4.69) is 34.8 Å². The number of nitrogen functional groups attached to an aromatic ring is 1. The van der Waals surface area contributed by atoms with Crippen LogP contribution in [0.4, 0.5) is 11.5 Å². The molecule has 1 radical (unpaired) electrons. The van der Waals surface area contributed by atoms with Gasteiger partial charge in [0.25, 0.3) is 0 Å². The zero-order valence-corrected chi connectivity index (χ0v) is 19.9. The Balaban J connectivity index is 0.00000118. The van der Waals surface area contributed by atoms with E-state index >= 15 is 0 Å². The Labute approximate surface area is 176 Å². The first-order chi connectivity index (χ1) is 12.1. The van der Waals surface area contributed by atoms with Gasteiger partial charge in [-0.25, -0.2) is 9.97 Å². The van der Waals surface area contributed by atoms with Gasteiger partial charge >= 0.3 is 19.8 Å². The van der Waals surface area contributed by atoms with Crippen molar-refractivity contribution in [1.82, 2.24) is 9.97 Å². The third kappa shape index (κ3) is 4.86. The smallest absolute Gasteiger partial charge is 0.394 e. The van der Waals surface area contributed by atoms with Gasteiger partial charge < -0.3 is 15.7 Å². The van der Waals surface area contributed by atoms with Crippen LogP contribution in [0, 0.1) is 6.07 Å². The predicted molar refractivity (Wildman–Crippen MR) is 108 cm³/mol. The van der Waals surface area contributed by atoms with Crippen molar-refractivity contribution in [2.75, 3.05) is 24.2 Å². The van der Waals surface area contributed by atoms with Gasteiger partial charge in [0.2, 0.25) is 0 Å². The molecule has 0 aliphatic heterocycles. The summed E-state index contributed by atoms with van der Waals surface area (Å²) in [5.74, 6) is 0.551. The van der Waals surface area contributed by atoms with Crippen LogP contribution < -0.4 is 10.6 Å². The van der Waals surface area contributed by atoms with Crippen molar-refractivity contribution in [3.8, 4) is 11.3 Å². The third-order valence-electron chi connectivity index (χ3n) is 4.51. The van der Waals surface area contributed by atoms with Crippen LogP contribution in [0.5, 0.6) is 0 Å². The molecule has 0 saturated carbocycles. The van der Waals surface area contributed by atoms with Gasteiger partial charge in [0.1, 0.15) is 12.1 Å². The number of rotatable bonds is 3. The Morgan fingerprint density at radius 1 is 1.30 bits per heavy atom. The summed E-state index contributed by atoms with van der Waals surface area (Å²) in [7, 11) is 1.99. The molecule has 1 aromatic heterocycles. The molecule has 0 spiro atoms. The second-order valence-electron chi connectivity index (χ2n) is 7.93. The van der Waals surface area contributed by atoms with E-state index in [4.69, 9.17) is 5.73 Å². The number of fused-ring (bicyclic) bond motifs is 3. The summed E-state index contributed by atoms with van der Waals surface area (Å²) in [6.07, 6.45) is 2.35. The fourth-order valence-electron chi connectivity index (χ4n) is 3.72. The number of aromatic nitrogens is 2. The summed E-state index contributed by atoms with van der Waals surface area (Å²) in [5, 5.41) is 10.2. The standard InChI is InChI=1S/C19H25N4O.C2H6.Os/c1-18(2)9-13-12(16-15(18)17(20)22-11-21-16)7-6-8-14(13)23(5)10-19(3,4)24;1-2;/h6-7,11,24H,9-10H2,1-5H3,(H2,20,21,22);1-2H3;/q-1;;+1. The number of benzene rings is 1. The molecule has 2 aromatic rings. The first-order valence-corrected chi connectivity index (χ1v) is 9.18. The number of likely N-dealkylation sites (N-methyl/N-ethyl adjacent to an activating group) is 1. The van der Waals surface area contributed by atoms with Crippen LogP contribution in [0.15, 0.2) is 18.5 Å². The van der Waals surface area contributed by atoms with Crippen molar-refractivity contribution >= 4 is 11.5 Å². The molecule has 0 saturated heterocycles. The van der Waals surface area contributed by atoms with E-state index in [1.165, 1.54) is 11.9 Å². The van der Waals surface area contributed by atoms with Crippen molar-refractivity contribution in [2.45, 2.75) is 59.0 Å². The van der Waals surface area contributed by atoms with Gasteiger partial charge in [0.05, 0.1) is 11.3 Å². The molecule has 5 nitrogen and oxygen atoms in total. The van der Waals surface area contributed by atoms with E-state index in [1.54, 1.807) is 0 Å². The molecule has 1 heterocycles. The molecule has 0 bridgehead atoms. The molecule has 1 aromatic carbocycles. The zero-order valence-electron chi connectivity index (χ0n) is 17.4. The van der Waals surface area contributed by atoms with Gasteiger partial charge in [-0.05, 0) is 19.3 Å². The van der Waals surface area contributed by atoms with Gasteiger partial charge in [-0.3, -0.25) is 0 Å². The molecule has 0 fully saturated rings. The van der Waals surface area contributed by atoms with E-state index < -0.39 is 5.60 Å². The molecule has 0 unspecified atom stereocenters. The Hall–Kier alpha value is -1.50. The van der Waals surface area contributed by atoms with E-state index in [0.717, 1.165) is 28.9 Å². The average Bonchev–Trinajstić information content (AvgIpc) is 2.54. The maximum atomic E-state index is 10.2. The number of anilines is 2. The first-order valence-electron chi connectivity index (χ1n) is 9.18. The van der Waals surface area contributed by atoms with Crippen molar-refractivity contribution in [1.29, 1.82) is 0 Å². The summed E-state index contributed by atoms with van der Waals surface area (Å²) in [6, 6.07) is 7.29. The maximum Gasteiger partial charge on any atom is 1.00 e. The minimum atomic E-state index is -0.778. The fourth-order valence-corrected chi connectivity index (χ4v) is 3.72. The van der Waals surface area contributed by atoms with Crippen LogP contribution in [0.1, 0.15) is 52.7 Å². The number of nitrogens with zero attached hydrogens (tertiary/aromatic N) is 3. The first kappa shape index (κ1) is 23.5. The molecular formula is C21H31N4OOs. The van der Waals surface area contributed by atoms with E-state index in [-0.39, 0.29) is 25.2 Å². The van der Waals surface area contributed by atoms with Gasteiger partial charge in [-0.2, -0.15) is 18.2 Å². The SMILES string of the molecule is CC.CN(CC(C)(C)O)c1[c-]ccc2c1CC(C)(C)c1c(N)ncnc1-2.[Os+]. The van der Waals surface area contributed by atoms with Crippen LogP contribution in [-0.2, 0) is 31.6 Å². The minimum absolute atomic E-state index is 0. The Morgan fingerprint density at radius 3 is 2.52 bits per heavy atom. The summed E-state index contributed by atoms with van der Waals surface area (Å²) in [4.78, 5) is 10.8. The van der Waals surface area contributed by atoms with Crippen LogP contribution in [0.2, 0.25) is 0 Å². The van der Waals surface area contributed by atoms with Crippen LogP contribution in [0.25, 0.3) is 11.3 Å². The van der Waals surface area contributed by atoms with Crippen LogP contribution in [0.3, 0.4) is 0 Å². The fraction of sp³-hybridized carbons (Fsp3) is 0.524. The van der Waals surface area contributed by atoms with Crippen molar-refractivity contribution in [3.63, 3.8) is 0 Å². The summed E-state index contributed by atoms with van der Waals surface area (Å²) in [6.45, 7) is 12.5. The Bertz CT molecular complexity index is 784. The van der Waals surface area contributed by atoms with Crippen molar-refractivity contribution in [2.24, 2.45) is 0 Å². The second kappa shape index (κ2) is 8.67. The molecular weight excluding hydrogens is 514 g/mol. The normalized spacial score (nSPS) is 14.1. The monoisotopic (exact) mass is 547 g/mol. The van der Waals surface area contributed by atoms with E-state index in [0.29, 0.717) is 12.4 Å². The number of hydrogen-bond acceptors (Lipinski definition) is 5. The van der Waals surface area contributed by atoms with Gasteiger partial charge in [0, 0.05) is 19.2 Å². The second-order valence-corrected chi connectivity index (χ2v) is 7.93. The quantitative estimate of drug-likeness (QED) is 0.577. The molecule has 1 aliphatic carbocycles. The van der Waals surface area contributed by atoms with E-state index in [1.807, 2.05) is 46.9 Å². The minimum Gasteiger partial charge on any atom is -0.394 e. The topological polar surface area (TPSA) is 75.3 Å². The maximum absolute atomic E-state index is 10.2. The largest absolute Gasteiger partial charge is 1.00 e. The molecule has 149 valence electrons. The van der Waals surface area contributed by atoms with Crippen molar-refractivity contribution < 1.29 is 24.9 Å². The third-order valence-corrected chi connectivity index (χ3v) is 4.51. The zero-order chi connectivity index (χ0) is 19.7. The molecule has 0 atom stereocenters. The Morgan fingerprint density at radius 2 is 1.93 bits per heavy atom. The average molecular weight is 546 g/mol. The van der Waals surface area contributed by atoms with E-state index in [9.17, 15) is 5.11 Å². The predicted octanol–water partition coefficient (Wildman–Crippen LogP) is 3.59. The number of aliphatic hydroxyl groups is 1. The van der Waals surface area contributed by atoms with Gasteiger partial charge in [-0.15, -0.1) is 11.1 Å². The summed E-state index contributed by atoms with van der Waals surface area (Å²) < 4.78 is 0. The molecule has 3 rings (SSSR count). The molecule has 0 amide bonds. The van der Waals surface area contributed by atoms with Gasteiger partial charge in [0.15, 0.2) is 0 Å². The number of hydrogen-bond donors (Lipinski definition) is 2. The molecule has 27 heavy (non-hydrogen) atoms. The summed E-state index contributed by atoms with van der Waals surface area (Å²) in [5.41, 5.74) is 10.4. The van der Waals surface area contributed by atoms with Gasteiger partial charge in [-0.1, -0.05) is 39.8 Å². The van der Waals surface area contributed by atoms with Crippen LogP contribution in [-0.4, -0.2) is 34.3 Å².